The average molecular weight is 535 g/mol. The number of halogens is 3. The fourth-order valence-corrected chi connectivity index (χ4v) is 6.30. The van der Waals surface area contributed by atoms with Gasteiger partial charge in [0.1, 0.15) is 5.69 Å². The Morgan fingerprint density at radius 2 is 1.59 bits per heavy atom. The van der Waals surface area contributed by atoms with Crippen LogP contribution in [0.3, 0.4) is 0 Å². The molecule has 2 aromatic carbocycles. The molecule has 0 spiro atoms. The van der Waals surface area contributed by atoms with Gasteiger partial charge in [-0.15, -0.1) is 0 Å². The Kier molecular flexibility index (Phi) is 6.50. The van der Waals surface area contributed by atoms with E-state index in [0.717, 1.165) is 49.2 Å². The van der Waals surface area contributed by atoms with E-state index in [-0.39, 0.29) is 5.56 Å². The highest BCUT2D eigenvalue weighted by Gasteiger charge is 2.37. The average Bonchev–Trinajstić information content (AvgIpc) is 3.53. The molecule has 2 aliphatic rings. The zero-order valence-electron chi connectivity index (χ0n) is 22.3. The summed E-state index contributed by atoms with van der Waals surface area (Å²) in [6, 6.07) is 13.2. The third-order valence-electron chi connectivity index (χ3n) is 8.39. The summed E-state index contributed by atoms with van der Waals surface area (Å²) >= 11 is 0. The van der Waals surface area contributed by atoms with Gasteiger partial charge >= 0.3 is 6.18 Å². The van der Waals surface area contributed by atoms with Crippen LogP contribution in [0, 0.1) is 0 Å². The molecule has 3 heterocycles. The number of benzene rings is 2. The molecule has 2 N–H and O–H groups in total. The lowest BCUT2D eigenvalue weighted by Gasteiger charge is -2.26. The maximum atomic E-state index is 13.9. The fourth-order valence-electron chi connectivity index (χ4n) is 6.30. The monoisotopic (exact) mass is 534 g/mol. The van der Waals surface area contributed by atoms with E-state index in [1.807, 2.05) is 6.07 Å². The van der Waals surface area contributed by atoms with Crippen molar-refractivity contribution in [1.82, 2.24) is 20.1 Å². The highest BCUT2D eigenvalue weighted by molar-refractivity contribution is 5.93. The van der Waals surface area contributed by atoms with Gasteiger partial charge in [-0.1, -0.05) is 43.2 Å². The van der Waals surface area contributed by atoms with Crippen LogP contribution in [0.25, 0.3) is 33.4 Å². The number of hydrogen-bond donors (Lipinski definition) is 2. The van der Waals surface area contributed by atoms with E-state index in [0.29, 0.717) is 22.3 Å². The van der Waals surface area contributed by atoms with Crippen LogP contribution in [0.2, 0.25) is 0 Å². The van der Waals surface area contributed by atoms with Gasteiger partial charge in [-0.25, -0.2) is 4.98 Å². The van der Waals surface area contributed by atoms with Crippen LogP contribution in [-0.2, 0) is 24.6 Å². The van der Waals surface area contributed by atoms with Crippen molar-refractivity contribution >= 4 is 11.0 Å². The van der Waals surface area contributed by atoms with Crippen molar-refractivity contribution < 1.29 is 18.3 Å². The van der Waals surface area contributed by atoms with E-state index in [2.05, 4.69) is 38.3 Å². The van der Waals surface area contributed by atoms with Crippen molar-refractivity contribution in [3.63, 3.8) is 0 Å². The molecule has 0 unspecified atom stereocenters. The first kappa shape index (κ1) is 26.0. The number of aromatic amines is 1. The Balaban J connectivity index is 1.34. The summed E-state index contributed by atoms with van der Waals surface area (Å²) in [5.74, 6) is 0. The molecular weight excluding hydrogens is 501 g/mol. The van der Waals surface area contributed by atoms with Crippen LogP contribution in [0.5, 0.6) is 0 Å². The van der Waals surface area contributed by atoms with Crippen molar-refractivity contribution in [3.8, 4) is 22.4 Å². The number of rotatable bonds is 4. The summed E-state index contributed by atoms with van der Waals surface area (Å²) in [6.45, 7) is 4.88. The number of nitrogens with one attached hydrogen (secondary N) is 1. The molecule has 5 nitrogen and oxygen atoms in total. The lowest BCUT2D eigenvalue weighted by Crippen LogP contribution is -2.35. The fraction of sp³-hybridized carbons (Fsp3) is 0.419. The Bertz CT molecular complexity index is 1510. The Morgan fingerprint density at radius 1 is 0.872 bits per heavy atom. The first-order valence-corrected chi connectivity index (χ1v) is 13.7. The summed E-state index contributed by atoms with van der Waals surface area (Å²) in [5, 5.41) is 18.2. The van der Waals surface area contributed by atoms with E-state index in [9.17, 15) is 18.3 Å². The lowest BCUT2D eigenvalue weighted by atomic mass is 9.90. The maximum Gasteiger partial charge on any atom is 0.416 e. The summed E-state index contributed by atoms with van der Waals surface area (Å²) in [7, 11) is 0. The van der Waals surface area contributed by atoms with Crippen molar-refractivity contribution in [1.29, 1.82) is 0 Å². The standard InChI is InChI=1S/C31H33F3N4O/c1-30(2,39)26-10-9-22(17-27(26)31(32,33)34)28-25-16-23(18-35-29(25)37-36-28)20-8-7-19-11-13-38(14-12-21(19)15-20)24-5-3-4-6-24/h7-10,15-18,24,39H,3-6,11-14H2,1-2H3,(H,35,36,37). The van der Waals surface area contributed by atoms with Crippen molar-refractivity contribution in [2.24, 2.45) is 0 Å². The number of alkyl halides is 3. The molecule has 6 rings (SSSR count). The van der Waals surface area contributed by atoms with Crippen LogP contribution in [0.1, 0.15) is 61.8 Å². The van der Waals surface area contributed by atoms with Gasteiger partial charge in [0.25, 0.3) is 0 Å². The highest BCUT2D eigenvalue weighted by Crippen LogP contribution is 2.40. The number of H-pyrrole nitrogens is 1. The Labute approximate surface area is 226 Å². The minimum absolute atomic E-state index is 0.172. The first-order chi connectivity index (χ1) is 18.6. The molecule has 39 heavy (non-hydrogen) atoms. The number of hydrogen-bond acceptors (Lipinski definition) is 4. The van der Waals surface area contributed by atoms with Gasteiger partial charge in [0.15, 0.2) is 5.65 Å². The van der Waals surface area contributed by atoms with Crippen molar-refractivity contribution in [3.05, 3.63) is 70.9 Å². The van der Waals surface area contributed by atoms with E-state index >= 15 is 0 Å². The van der Waals surface area contributed by atoms with Gasteiger partial charge in [0, 0.05) is 41.8 Å². The third kappa shape index (κ3) is 5.08. The van der Waals surface area contributed by atoms with Gasteiger partial charge in [0.2, 0.25) is 0 Å². The number of pyridine rings is 1. The molecule has 1 aliphatic heterocycles. The second-order valence-corrected chi connectivity index (χ2v) is 11.5. The van der Waals surface area contributed by atoms with E-state index in [1.54, 1.807) is 12.3 Å². The number of fused-ring (bicyclic) bond motifs is 2. The quantitative estimate of drug-likeness (QED) is 0.300. The molecule has 1 aliphatic carbocycles. The summed E-state index contributed by atoms with van der Waals surface area (Å²) in [4.78, 5) is 7.20. The SMILES string of the molecule is CC(C)(O)c1ccc(-c2n[nH]c3ncc(-c4ccc5c(c4)CCN(C4CCCC4)CC5)cc23)cc1C(F)(F)F. The van der Waals surface area contributed by atoms with Crippen LogP contribution in [-0.4, -0.2) is 44.3 Å². The molecule has 0 atom stereocenters. The molecule has 1 fully saturated rings. The van der Waals surface area contributed by atoms with Gasteiger partial charge in [-0.2, -0.15) is 18.3 Å². The summed E-state index contributed by atoms with van der Waals surface area (Å²) in [6.07, 6.45) is 4.53. The number of nitrogens with zero attached hydrogens (tertiary/aromatic N) is 3. The molecule has 0 amide bonds. The smallest absolute Gasteiger partial charge is 0.386 e. The van der Waals surface area contributed by atoms with Gasteiger partial charge in [-0.3, -0.25) is 10.00 Å². The Morgan fingerprint density at radius 3 is 2.31 bits per heavy atom. The molecule has 0 bridgehead atoms. The van der Waals surface area contributed by atoms with Crippen LogP contribution in [0.4, 0.5) is 13.2 Å². The van der Waals surface area contributed by atoms with E-state index in [1.165, 1.54) is 56.7 Å². The molecule has 8 heteroatoms. The number of aliphatic hydroxyl groups is 1. The molecule has 4 aromatic rings. The molecule has 0 radical (unpaired) electrons. The molecule has 1 saturated carbocycles. The van der Waals surface area contributed by atoms with Crippen LogP contribution in [0.15, 0.2) is 48.7 Å². The van der Waals surface area contributed by atoms with Gasteiger partial charge < -0.3 is 5.11 Å². The van der Waals surface area contributed by atoms with Gasteiger partial charge in [-0.05, 0) is 73.9 Å². The van der Waals surface area contributed by atoms with Crippen LogP contribution < -0.4 is 0 Å². The predicted octanol–water partition coefficient (Wildman–Crippen LogP) is 6.88. The summed E-state index contributed by atoms with van der Waals surface area (Å²) in [5.41, 5.74) is 3.23. The molecule has 204 valence electrons. The minimum Gasteiger partial charge on any atom is -0.386 e. The zero-order valence-corrected chi connectivity index (χ0v) is 22.3. The lowest BCUT2D eigenvalue weighted by molar-refractivity contribution is -0.140. The number of aromatic nitrogens is 3. The molecule has 0 saturated heterocycles. The third-order valence-corrected chi connectivity index (χ3v) is 8.39. The molecule has 2 aromatic heterocycles. The largest absolute Gasteiger partial charge is 0.416 e. The highest BCUT2D eigenvalue weighted by atomic mass is 19.4. The van der Waals surface area contributed by atoms with E-state index in [4.69, 9.17) is 0 Å². The summed E-state index contributed by atoms with van der Waals surface area (Å²) < 4.78 is 41.8. The van der Waals surface area contributed by atoms with Crippen molar-refractivity contribution in [2.45, 2.75) is 70.2 Å². The van der Waals surface area contributed by atoms with E-state index < -0.39 is 17.3 Å². The predicted molar refractivity (Wildman–Crippen MR) is 146 cm³/mol. The van der Waals surface area contributed by atoms with Crippen molar-refractivity contribution in [2.75, 3.05) is 13.1 Å². The second kappa shape index (κ2) is 9.75. The maximum absolute atomic E-state index is 13.9. The minimum atomic E-state index is -4.62. The van der Waals surface area contributed by atoms with Crippen LogP contribution >= 0.6 is 0 Å². The Hall–Kier alpha value is -3.23. The molecular formula is C31H33F3N4O. The normalized spacial score (nSPS) is 17.5. The second-order valence-electron chi connectivity index (χ2n) is 11.5. The zero-order chi connectivity index (χ0) is 27.4. The first-order valence-electron chi connectivity index (χ1n) is 13.7. The topological polar surface area (TPSA) is 65.0 Å². The van der Waals surface area contributed by atoms with Gasteiger partial charge in [0.05, 0.1) is 11.2 Å².